The van der Waals surface area contributed by atoms with Crippen LogP contribution in [0.2, 0.25) is 0 Å². The first kappa shape index (κ1) is 18.0. The number of para-hydroxylation sites is 2. The Bertz CT molecular complexity index is 901. The summed E-state index contributed by atoms with van der Waals surface area (Å²) in [5.74, 6) is 1.57. The number of carbonyl (C=O) groups is 1. The second-order valence-corrected chi connectivity index (χ2v) is 5.29. The van der Waals surface area contributed by atoms with E-state index in [0.717, 1.165) is 0 Å². The fourth-order valence-corrected chi connectivity index (χ4v) is 2.30. The number of rotatable bonds is 6. The molecule has 2 amide bonds. The van der Waals surface area contributed by atoms with Crippen LogP contribution in [0.4, 0.5) is 16.2 Å². The van der Waals surface area contributed by atoms with Crippen LogP contribution in [0.3, 0.4) is 0 Å². The van der Waals surface area contributed by atoms with Gasteiger partial charge in [0.1, 0.15) is 5.75 Å². The van der Waals surface area contributed by atoms with Crippen LogP contribution in [0.15, 0.2) is 60.9 Å². The molecule has 0 bridgehead atoms. The topological polar surface area (TPSA) is 94.6 Å². The largest absolute Gasteiger partial charge is 0.493 e. The number of hydrogen-bond acceptors (Lipinski definition) is 6. The molecule has 138 valence electrons. The van der Waals surface area contributed by atoms with Crippen molar-refractivity contribution in [2.24, 2.45) is 0 Å². The summed E-state index contributed by atoms with van der Waals surface area (Å²) in [7, 11) is 3.03. The van der Waals surface area contributed by atoms with E-state index >= 15 is 0 Å². The van der Waals surface area contributed by atoms with Gasteiger partial charge in [-0.15, -0.1) is 0 Å². The SMILES string of the molecule is COc1cccc(NC(=O)Nc2cnc(Oc3ccccc3)nc2)c1OC. The van der Waals surface area contributed by atoms with E-state index in [0.29, 0.717) is 28.6 Å². The molecule has 0 saturated carbocycles. The van der Waals surface area contributed by atoms with Gasteiger partial charge in [-0.05, 0) is 24.3 Å². The summed E-state index contributed by atoms with van der Waals surface area (Å²) in [6.45, 7) is 0. The number of amides is 2. The zero-order valence-electron chi connectivity index (χ0n) is 14.8. The Morgan fingerprint density at radius 2 is 1.63 bits per heavy atom. The van der Waals surface area contributed by atoms with E-state index in [9.17, 15) is 4.79 Å². The van der Waals surface area contributed by atoms with Gasteiger partial charge in [-0.2, -0.15) is 0 Å². The lowest BCUT2D eigenvalue weighted by Gasteiger charge is -2.13. The lowest BCUT2D eigenvalue weighted by Crippen LogP contribution is -2.20. The molecule has 0 fully saturated rings. The third kappa shape index (κ3) is 4.63. The van der Waals surface area contributed by atoms with Crippen molar-refractivity contribution in [1.29, 1.82) is 0 Å². The number of methoxy groups -OCH3 is 2. The Labute approximate surface area is 156 Å². The van der Waals surface area contributed by atoms with E-state index in [4.69, 9.17) is 14.2 Å². The third-order valence-electron chi connectivity index (χ3n) is 3.49. The van der Waals surface area contributed by atoms with Gasteiger partial charge in [0.05, 0.1) is 38.0 Å². The van der Waals surface area contributed by atoms with Gasteiger partial charge in [0.25, 0.3) is 0 Å². The zero-order valence-corrected chi connectivity index (χ0v) is 14.8. The quantitative estimate of drug-likeness (QED) is 0.686. The number of ether oxygens (including phenoxy) is 3. The first-order valence-electron chi connectivity index (χ1n) is 8.03. The number of anilines is 2. The van der Waals surface area contributed by atoms with Crippen LogP contribution < -0.4 is 24.8 Å². The number of aromatic nitrogens is 2. The molecule has 0 saturated heterocycles. The Morgan fingerprint density at radius 1 is 0.889 bits per heavy atom. The van der Waals surface area contributed by atoms with Crippen molar-refractivity contribution in [1.82, 2.24) is 9.97 Å². The second-order valence-electron chi connectivity index (χ2n) is 5.29. The van der Waals surface area contributed by atoms with E-state index < -0.39 is 6.03 Å². The number of hydrogen-bond donors (Lipinski definition) is 2. The summed E-state index contributed by atoms with van der Waals surface area (Å²) in [6, 6.07) is 14.1. The van der Waals surface area contributed by atoms with Crippen molar-refractivity contribution in [3.8, 4) is 23.3 Å². The van der Waals surface area contributed by atoms with Crippen molar-refractivity contribution in [2.45, 2.75) is 0 Å². The number of urea groups is 1. The van der Waals surface area contributed by atoms with Crippen molar-refractivity contribution in [2.75, 3.05) is 24.9 Å². The summed E-state index contributed by atoms with van der Waals surface area (Å²) in [4.78, 5) is 20.4. The average molecular weight is 366 g/mol. The van der Waals surface area contributed by atoms with Crippen LogP contribution >= 0.6 is 0 Å². The molecular weight excluding hydrogens is 348 g/mol. The molecule has 0 aliphatic carbocycles. The number of nitrogens with one attached hydrogen (secondary N) is 2. The molecule has 0 atom stereocenters. The highest BCUT2D eigenvalue weighted by Crippen LogP contribution is 2.34. The fraction of sp³-hybridized carbons (Fsp3) is 0.105. The smallest absolute Gasteiger partial charge is 0.323 e. The molecule has 3 rings (SSSR count). The first-order chi connectivity index (χ1) is 13.2. The molecule has 2 aromatic carbocycles. The summed E-state index contributed by atoms with van der Waals surface area (Å²) in [5.41, 5.74) is 0.883. The second kappa shape index (κ2) is 8.52. The average Bonchev–Trinajstić information content (AvgIpc) is 2.70. The summed E-state index contributed by atoms with van der Waals surface area (Å²) >= 11 is 0. The van der Waals surface area contributed by atoms with Crippen molar-refractivity contribution < 1.29 is 19.0 Å². The van der Waals surface area contributed by atoms with Crippen LogP contribution in [-0.2, 0) is 0 Å². The van der Waals surface area contributed by atoms with Crippen molar-refractivity contribution >= 4 is 17.4 Å². The maximum absolute atomic E-state index is 12.2. The van der Waals surface area contributed by atoms with Crippen molar-refractivity contribution in [3.05, 3.63) is 60.9 Å². The predicted molar refractivity (Wildman–Crippen MR) is 101 cm³/mol. The number of nitrogens with zero attached hydrogens (tertiary/aromatic N) is 2. The molecule has 27 heavy (non-hydrogen) atoms. The minimum absolute atomic E-state index is 0.182. The molecule has 8 nitrogen and oxygen atoms in total. The molecule has 0 radical (unpaired) electrons. The Kier molecular flexibility index (Phi) is 5.68. The molecule has 8 heteroatoms. The van der Waals surface area contributed by atoms with E-state index in [2.05, 4.69) is 20.6 Å². The molecule has 1 aromatic heterocycles. The normalized spacial score (nSPS) is 10.0. The Hall–Kier alpha value is -3.81. The lowest BCUT2D eigenvalue weighted by atomic mass is 10.2. The maximum Gasteiger partial charge on any atom is 0.323 e. The van der Waals surface area contributed by atoms with Gasteiger partial charge in [-0.3, -0.25) is 0 Å². The standard InChI is InChI=1S/C19H18N4O4/c1-25-16-10-6-9-15(17(16)26-2)23-18(24)22-13-11-20-19(21-12-13)27-14-7-4-3-5-8-14/h3-12H,1-2H3,(H2,22,23,24). The fourth-order valence-electron chi connectivity index (χ4n) is 2.30. The Morgan fingerprint density at radius 3 is 2.30 bits per heavy atom. The third-order valence-corrected chi connectivity index (χ3v) is 3.49. The van der Waals surface area contributed by atoms with Crippen LogP contribution in [0.1, 0.15) is 0 Å². The molecule has 0 aliphatic heterocycles. The Balaban J connectivity index is 1.63. The molecule has 0 aliphatic rings. The highest BCUT2D eigenvalue weighted by atomic mass is 16.5. The molecule has 3 aromatic rings. The molecular formula is C19H18N4O4. The van der Waals surface area contributed by atoms with E-state index in [1.165, 1.54) is 26.6 Å². The van der Waals surface area contributed by atoms with Gasteiger partial charge in [0.15, 0.2) is 11.5 Å². The zero-order chi connectivity index (χ0) is 19.1. The molecule has 0 unspecified atom stereocenters. The van der Waals surface area contributed by atoms with Gasteiger partial charge < -0.3 is 24.8 Å². The van der Waals surface area contributed by atoms with Crippen LogP contribution in [0.25, 0.3) is 0 Å². The molecule has 2 N–H and O–H groups in total. The van der Waals surface area contributed by atoms with Gasteiger partial charge in [0, 0.05) is 0 Å². The van der Waals surface area contributed by atoms with E-state index in [1.54, 1.807) is 30.3 Å². The predicted octanol–water partition coefficient (Wildman–Crippen LogP) is 3.93. The minimum atomic E-state index is -0.470. The lowest BCUT2D eigenvalue weighted by molar-refractivity contribution is 0.262. The highest BCUT2D eigenvalue weighted by Gasteiger charge is 2.12. The van der Waals surface area contributed by atoms with Gasteiger partial charge >= 0.3 is 12.0 Å². The first-order valence-corrected chi connectivity index (χ1v) is 8.03. The summed E-state index contributed by atoms with van der Waals surface area (Å²) in [5, 5.41) is 5.34. The number of carbonyl (C=O) groups excluding carboxylic acids is 1. The molecule has 0 spiro atoms. The monoisotopic (exact) mass is 366 g/mol. The van der Waals surface area contributed by atoms with E-state index in [-0.39, 0.29) is 6.01 Å². The highest BCUT2D eigenvalue weighted by molar-refractivity contribution is 6.00. The summed E-state index contributed by atoms with van der Waals surface area (Å²) in [6.07, 6.45) is 2.90. The maximum atomic E-state index is 12.2. The van der Waals surface area contributed by atoms with Crippen LogP contribution in [0, 0.1) is 0 Å². The molecule has 1 heterocycles. The minimum Gasteiger partial charge on any atom is -0.493 e. The van der Waals surface area contributed by atoms with Crippen LogP contribution in [-0.4, -0.2) is 30.2 Å². The van der Waals surface area contributed by atoms with Crippen LogP contribution in [0.5, 0.6) is 23.3 Å². The van der Waals surface area contributed by atoms with Gasteiger partial charge in [0.2, 0.25) is 0 Å². The summed E-state index contributed by atoms with van der Waals surface area (Å²) < 4.78 is 16.0. The van der Waals surface area contributed by atoms with E-state index in [1.807, 2.05) is 18.2 Å². The number of benzene rings is 2. The van der Waals surface area contributed by atoms with Crippen molar-refractivity contribution in [3.63, 3.8) is 0 Å². The van der Waals surface area contributed by atoms with Gasteiger partial charge in [-0.1, -0.05) is 24.3 Å². The van der Waals surface area contributed by atoms with Gasteiger partial charge in [-0.25, -0.2) is 14.8 Å².